The predicted octanol–water partition coefficient (Wildman–Crippen LogP) is 2.49. The van der Waals surface area contributed by atoms with Crippen molar-refractivity contribution in [2.24, 2.45) is 5.92 Å². The second-order valence-electron chi connectivity index (χ2n) is 7.92. The van der Waals surface area contributed by atoms with E-state index in [1.165, 1.54) is 6.07 Å². The lowest BCUT2D eigenvalue weighted by Crippen LogP contribution is -2.68. The van der Waals surface area contributed by atoms with Gasteiger partial charge < -0.3 is 25.2 Å². The first-order chi connectivity index (χ1) is 12.9. The lowest BCUT2D eigenvalue weighted by molar-refractivity contribution is -0.182. The molecular weight excluding hydrogens is 391 g/mol. The molecule has 0 aliphatic carbocycles. The summed E-state index contributed by atoms with van der Waals surface area (Å²) in [5.41, 5.74) is -0.293. The Balaban J connectivity index is 1.32. The van der Waals surface area contributed by atoms with Crippen LogP contribution in [0.2, 0.25) is 10.0 Å². The molecule has 1 aromatic carbocycles. The SMILES string of the molecule is O=C(C[C@H]1CN[C@@H](c2c(O)ccc(Cl)c2Cl)C1)N1CC(O)(C2CCCO2)C1. The number of nitrogens with one attached hydrogen (secondary N) is 1. The molecule has 8 heteroatoms. The van der Waals surface area contributed by atoms with Gasteiger partial charge in [0, 0.05) is 24.6 Å². The van der Waals surface area contributed by atoms with Crippen molar-refractivity contribution in [3.63, 3.8) is 0 Å². The van der Waals surface area contributed by atoms with Crippen molar-refractivity contribution in [3.05, 3.63) is 27.7 Å². The van der Waals surface area contributed by atoms with Gasteiger partial charge in [0.05, 0.1) is 29.2 Å². The van der Waals surface area contributed by atoms with E-state index in [-0.39, 0.29) is 29.7 Å². The smallest absolute Gasteiger partial charge is 0.223 e. The van der Waals surface area contributed by atoms with Crippen LogP contribution in [-0.2, 0) is 9.53 Å². The first-order valence-corrected chi connectivity index (χ1v) is 10.1. The first kappa shape index (κ1) is 19.3. The molecule has 3 aliphatic heterocycles. The molecular formula is C19H24Cl2N2O4. The van der Waals surface area contributed by atoms with E-state index in [2.05, 4.69) is 5.32 Å². The number of aliphatic hydroxyl groups is 1. The molecule has 27 heavy (non-hydrogen) atoms. The summed E-state index contributed by atoms with van der Waals surface area (Å²) >= 11 is 12.3. The Morgan fingerprint density at radius 3 is 2.85 bits per heavy atom. The zero-order valence-corrected chi connectivity index (χ0v) is 16.5. The van der Waals surface area contributed by atoms with Gasteiger partial charge >= 0.3 is 0 Å². The molecule has 0 radical (unpaired) electrons. The quantitative estimate of drug-likeness (QED) is 0.704. The minimum atomic E-state index is -0.886. The molecule has 3 fully saturated rings. The lowest BCUT2D eigenvalue weighted by Gasteiger charge is -2.49. The highest BCUT2D eigenvalue weighted by molar-refractivity contribution is 6.42. The molecule has 0 saturated carbocycles. The van der Waals surface area contributed by atoms with E-state index in [4.69, 9.17) is 27.9 Å². The highest BCUT2D eigenvalue weighted by atomic mass is 35.5. The molecule has 3 saturated heterocycles. The van der Waals surface area contributed by atoms with Crippen molar-refractivity contribution in [1.29, 1.82) is 0 Å². The van der Waals surface area contributed by atoms with Crippen molar-refractivity contribution in [2.45, 2.75) is 43.4 Å². The van der Waals surface area contributed by atoms with Crippen molar-refractivity contribution in [3.8, 4) is 5.75 Å². The van der Waals surface area contributed by atoms with Gasteiger partial charge in [-0.1, -0.05) is 23.2 Å². The van der Waals surface area contributed by atoms with E-state index in [1.54, 1.807) is 11.0 Å². The Morgan fingerprint density at radius 2 is 2.15 bits per heavy atom. The number of benzene rings is 1. The number of hydrogen-bond donors (Lipinski definition) is 3. The minimum Gasteiger partial charge on any atom is -0.508 e. The summed E-state index contributed by atoms with van der Waals surface area (Å²) in [7, 11) is 0. The number of amides is 1. The van der Waals surface area contributed by atoms with Gasteiger partial charge in [0.15, 0.2) is 0 Å². The van der Waals surface area contributed by atoms with Crippen LogP contribution in [0.25, 0.3) is 0 Å². The molecule has 148 valence electrons. The summed E-state index contributed by atoms with van der Waals surface area (Å²) in [5, 5.41) is 24.8. The van der Waals surface area contributed by atoms with Crippen LogP contribution in [-0.4, -0.2) is 59.0 Å². The third-order valence-corrected chi connectivity index (χ3v) is 6.77. The van der Waals surface area contributed by atoms with Crippen molar-refractivity contribution < 1.29 is 19.7 Å². The Morgan fingerprint density at radius 1 is 1.37 bits per heavy atom. The monoisotopic (exact) mass is 414 g/mol. The third-order valence-electron chi connectivity index (χ3n) is 5.95. The van der Waals surface area contributed by atoms with Gasteiger partial charge in [-0.2, -0.15) is 0 Å². The molecule has 6 nitrogen and oxygen atoms in total. The van der Waals surface area contributed by atoms with Crippen LogP contribution in [0.3, 0.4) is 0 Å². The third kappa shape index (κ3) is 3.66. The predicted molar refractivity (Wildman–Crippen MR) is 102 cm³/mol. The number of carbonyl (C=O) groups excluding carboxylic acids is 1. The maximum absolute atomic E-state index is 12.6. The van der Waals surface area contributed by atoms with Crippen LogP contribution in [0, 0.1) is 5.92 Å². The van der Waals surface area contributed by atoms with Crippen LogP contribution < -0.4 is 5.32 Å². The molecule has 3 aliphatic rings. The highest BCUT2D eigenvalue weighted by Gasteiger charge is 2.51. The number of nitrogens with zero attached hydrogens (tertiary/aromatic N) is 1. The van der Waals surface area contributed by atoms with Gasteiger partial charge in [-0.05, 0) is 43.9 Å². The van der Waals surface area contributed by atoms with Crippen molar-refractivity contribution >= 4 is 29.1 Å². The Kier molecular flexibility index (Phi) is 5.29. The van der Waals surface area contributed by atoms with E-state index in [9.17, 15) is 15.0 Å². The van der Waals surface area contributed by atoms with Gasteiger partial charge in [0.2, 0.25) is 5.91 Å². The minimum absolute atomic E-state index is 0.0477. The Labute approximate surface area is 168 Å². The topological polar surface area (TPSA) is 82.0 Å². The summed E-state index contributed by atoms with van der Waals surface area (Å²) in [4.78, 5) is 14.3. The normalized spacial score (nSPS) is 29.7. The zero-order valence-electron chi connectivity index (χ0n) is 15.0. The summed E-state index contributed by atoms with van der Waals surface area (Å²) in [6.07, 6.45) is 2.78. The van der Waals surface area contributed by atoms with Gasteiger partial charge in [0.1, 0.15) is 11.4 Å². The summed E-state index contributed by atoms with van der Waals surface area (Å²) in [6, 6.07) is 2.97. The standard InChI is InChI=1S/C19H24Cl2N2O4/c20-12-3-4-14(24)17(18(12)21)13-6-11(8-22-13)7-16(25)23-9-19(26,10-23)15-2-1-5-27-15/h3-4,11,13,15,22,24,26H,1-2,5-10H2/t11-,13+,15?/m0/s1. The molecule has 0 spiro atoms. The fourth-order valence-electron chi connectivity index (χ4n) is 4.44. The second-order valence-corrected chi connectivity index (χ2v) is 8.70. The number of halogens is 2. The van der Waals surface area contributed by atoms with Crippen LogP contribution in [0.15, 0.2) is 12.1 Å². The fourth-order valence-corrected chi connectivity index (χ4v) is 4.90. The number of β-amino-alcohol motifs (C(OH)–C–C–N with tert-alkyl or cyclic N) is 1. The number of hydrogen-bond acceptors (Lipinski definition) is 5. The molecule has 1 amide bonds. The molecule has 3 atom stereocenters. The van der Waals surface area contributed by atoms with Gasteiger partial charge in [-0.15, -0.1) is 0 Å². The van der Waals surface area contributed by atoms with Crippen LogP contribution in [0.4, 0.5) is 0 Å². The number of aromatic hydroxyl groups is 1. The summed E-state index contributed by atoms with van der Waals surface area (Å²) < 4.78 is 5.57. The second kappa shape index (κ2) is 7.41. The van der Waals surface area contributed by atoms with E-state index < -0.39 is 5.60 Å². The molecule has 0 bridgehead atoms. The number of rotatable bonds is 4. The maximum Gasteiger partial charge on any atom is 0.223 e. The summed E-state index contributed by atoms with van der Waals surface area (Å²) in [6.45, 7) is 2.06. The zero-order chi connectivity index (χ0) is 19.2. The number of ether oxygens (including phenoxy) is 1. The largest absolute Gasteiger partial charge is 0.508 e. The number of likely N-dealkylation sites (tertiary alicyclic amines) is 1. The van der Waals surface area contributed by atoms with E-state index in [0.29, 0.717) is 54.7 Å². The average Bonchev–Trinajstić information content (AvgIpc) is 3.28. The Bertz CT molecular complexity index is 733. The van der Waals surface area contributed by atoms with E-state index in [0.717, 1.165) is 12.8 Å². The molecule has 3 N–H and O–H groups in total. The average molecular weight is 415 g/mol. The van der Waals surface area contributed by atoms with E-state index >= 15 is 0 Å². The molecule has 1 aromatic rings. The van der Waals surface area contributed by atoms with E-state index in [1.807, 2.05) is 0 Å². The molecule has 0 aromatic heterocycles. The van der Waals surface area contributed by atoms with Gasteiger partial charge in [-0.25, -0.2) is 0 Å². The number of carbonyl (C=O) groups is 1. The first-order valence-electron chi connectivity index (χ1n) is 9.39. The molecule has 4 rings (SSSR count). The summed E-state index contributed by atoms with van der Waals surface area (Å²) in [5.74, 6) is 0.304. The van der Waals surface area contributed by atoms with Crippen molar-refractivity contribution in [2.75, 3.05) is 26.2 Å². The van der Waals surface area contributed by atoms with Crippen LogP contribution in [0.5, 0.6) is 5.75 Å². The highest BCUT2D eigenvalue weighted by Crippen LogP contribution is 2.41. The number of phenols is 1. The number of phenolic OH excluding ortho intramolecular Hbond substituents is 1. The Hall–Kier alpha value is -1.05. The van der Waals surface area contributed by atoms with Crippen LogP contribution in [0.1, 0.15) is 37.3 Å². The van der Waals surface area contributed by atoms with Crippen LogP contribution >= 0.6 is 23.2 Å². The van der Waals surface area contributed by atoms with Gasteiger partial charge in [-0.3, -0.25) is 4.79 Å². The maximum atomic E-state index is 12.6. The lowest BCUT2D eigenvalue weighted by atomic mass is 9.85. The fraction of sp³-hybridized carbons (Fsp3) is 0.632. The van der Waals surface area contributed by atoms with Crippen molar-refractivity contribution in [1.82, 2.24) is 10.2 Å². The molecule has 1 unspecified atom stereocenters. The molecule has 3 heterocycles. The van der Waals surface area contributed by atoms with Gasteiger partial charge in [0.25, 0.3) is 0 Å².